The fourth-order valence-electron chi connectivity index (χ4n) is 1.55. The third-order valence-electron chi connectivity index (χ3n) is 2.50. The van der Waals surface area contributed by atoms with Crippen LogP contribution in [0.3, 0.4) is 0 Å². The van der Waals surface area contributed by atoms with Crippen molar-refractivity contribution in [3.8, 4) is 0 Å². The van der Waals surface area contributed by atoms with Gasteiger partial charge >= 0.3 is 0 Å². The van der Waals surface area contributed by atoms with Crippen LogP contribution in [0.5, 0.6) is 0 Å². The van der Waals surface area contributed by atoms with Gasteiger partial charge in [0.1, 0.15) is 5.82 Å². The summed E-state index contributed by atoms with van der Waals surface area (Å²) in [7, 11) is 0. The minimum Gasteiger partial charge on any atom is -0.399 e. The molecular weight excluding hydrogens is 290 g/mol. The van der Waals surface area contributed by atoms with E-state index >= 15 is 0 Å². The Morgan fingerprint density at radius 1 is 1.29 bits per heavy atom. The van der Waals surface area contributed by atoms with E-state index in [-0.39, 0.29) is 23.7 Å². The lowest BCUT2D eigenvalue weighted by Crippen LogP contribution is -2.13. The SMILES string of the molecule is Nc1ccc(NC(=O)CCSc2nc(N)cc(=O)[nH]2)cc1. The Kier molecular flexibility index (Phi) is 4.83. The first kappa shape index (κ1) is 14.9. The number of anilines is 3. The van der Waals surface area contributed by atoms with E-state index in [0.717, 1.165) is 0 Å². The van der Waals surface area contributed by atoms with Crippen molar-refractivity contribution < 1.29 is 4.79 Å². The van der Waals surface area contributed by atoms with Gasteiger partial charge in [-0.15, -0.1) is 0 Å². The predicted molar refractivity (Wildman–Crippen MR) is 84.1 cm³/mol. The fourth-order valence-corrected chi connectivity index (χ4v) is 2.38. The molecule has 1 aromatic heterocycles. The van der Waals surface area contributed by atoms with Gasteiger partial charge in [0.25, 0.3) is 5.56 Å². The monoisotopic (exact) mass is 305 g/mol. The standard InChI is InChI=1S/C13H15N5O2S/c14-8-1-3-9(4-2-8)16-11(19)5-6-21-13-17-10(15)7-12(20)18-13/h1-4,7H,5-6,14H2,(H,16,19)(H3,15,17,18,20). The second-order valence-electron chi connectivity index (χ2n) is 4.24. The Morgan fingerprint density at radius 3 is 2.67 bits per heavy atom. The molecule has 0 spiro atoms. The van der Waals surface area contributed by atoms with Crippen molar-refractivity contribution in [1.29, 1.82) is 0 Å². The normalized spacial score (nSPS) is 10.3. The molecule has 8 heteroatoms. The molecule has 0 saturated carbocycles. The minimum atomic E-state index is -0.309. The molecule has 0 aliphatic rings. The van der Waals surface area contributed by atoms with Gasteiger partial charge in [-0.1, -0.05) is 11.8 Å². The van der Waals surface area contributed by atoms with Crippen molar-refractivity contribution in [1.82, 2.24) is 9.97 Å². The molecule has 0 unspecified atom stereocenters. The van der Waals surface area contributed by atoms with Gasteiger partial charge in [0.2, 0.25) is 5.91 Å². The number of amides is 1. The molecule has 0 aliphatic carbocycles. The molecule has 0 saturated heterocycles. The number of aromatic amines is 1. The summed E-state index contributed by atoms with van der Waals surface area (Å²) in [4.78, 5) is 29.5. The lowest BCUT2D eigenvalue weighted by molar-refractivity contribution is -0.115. The molecule has 0 bridgehead atoms. The van der Waals surface area contributed by atoms with E-state index in [4.69, 9.17) is 11.5 Å². The molecule has 2 rings (SSSR count). The summed E-state index contributed by atoms with van der Waals surface area (Å²) in [6.45, 7) is 0. The number of rotatable bonds is 5. The van der Waals surface area contributed by atoms with E-state index < -0.39 is 0 Å². The van der Waals surface area contributed by atoms with E-state index in [0.29, 0.717) is 22.3 Å². The number of nitrogens with zero attached hydrogens (tertiary/aromatic N) is 1. The predicted octanol–water partition coefficient (Wildman–Crippen LogP) is 1.06. The van der Waals surface area contributed by atoms with Gasteiger partial charge in [-0.05, 0) is 24.3 Å². The van der Waals surface area contributed by atoms with Gasteiger partial charge in [0.05, 0.1) is 0 Å². The molecule has 7 nitrogen and oxygen atoms in total. The van der Waals surface area contributed by atoms with Crippen LogP contribution < -0.4 is 22.3 Å². The van der Waals surface area contributed by atoms with Gasteiger partial charge < -0.3 is 21.8 Å². The maximum atomic E-state index is 11.7. The van der Waals surface area contributed by atoms with Crippen LogP contribution in [0.25, 0.3) is 0 Å². The topological polar surface area (TPSA) is 127 Å². The number of thioether (sulfide) groups is 1. The quantitative estimate of drug-likeness (QED) is 0.371. The first-order valence-electron chi connectivity index (χ1n) is 6.18. The van der Waals surface area contributed by atoms with E-state index in [1.165, 1.54) is 17.8 Å². The number of hydrogen-bond donors (Lipinski definition) is 4. The number of benzene rings is 1. The number of hydrogen-bond acceptors (Lipinski definition) is 6. The van der Waals surface area contributed by atoms with Crippen molar-refractivity contribution in [3.05, 3.63) is 40.7 Å². The van der Waals surface area contributed by atoms with Gasteiger partial charge in [0.15, 0.2) is 5.16 Å². The summed E-state index contributed by atoms with van der Waals surface area (Å²) >= 11 is 1.26. The maximum absolute atomic E-state index is 11.7. The molecule has 110 valence electrons. The Bertz CT molecular complexity index is 684. The highest BCUT2D eigenvalue weighted by atomic mass is 32.2. The second-order valence-corrected chi connectivity index (χ2v) is 5.33. The zero-order valence-electron chi connectivity index (χ0n) is 11.1. The summed E-state index contributed by atoms with van der Waals surface area (Å²) in [5, 5.41) is 3.16. The minimum absolute atomic E-state index is 0.126. The van der Waals surface area contributed by atoms with Gasteiger partial charge in [-0.25, -0.2) is 4.98 Å². The van der Waals surface area contributed by atoms with E-state index in [2.05, 4.69) is 15.3 Å². The number of carbonyl (C=O) groups is 1. The lowest BCUT2D eigenvalue weighted by atomic mass is 10.3. The summed E-state index contributed by atoms with van der Waals surface area (Å²) in [6, 6.07) is 8.10. The molecule has 1 heterocycles. The van der Waals surface area contributed by atoms with Crippen LogP contribution in [0, 0.1) is 0 Å². The lowest BCUT2D eigenvalue weighted by Gasteiger charge is -2.05. The first-order chi connectivity index (χ1) is 10.0. The van der Waals surface area contributed by atoms with Crippen molar-refractivity contribution in [2.24, 2.45) is 0 Å². The number of nitrogen functional groups attached to an aromatic ring is 2. The van der Waals surface area contributed by atoms with Crippen LogP contribution in [0.1, 0.15) is 6.42 Å². The number of nitrogens with two attached hydrogens (primary N) is 2. The Morgan fingerprint density at radius 2 is 2.00 bits per heavy atom. The smallest absolute Gasteiger partial charge is 0.253 e. The highest BCUT2D eigenvalue weighted by Gasteiger charge is 2.05. The first-order valence-corrected chi connectivity index (χ1v) is 7.16. The maximum Gasteiger partial charge on any atom is 0.253 e. The Balaban J connectivity index is 1.81. The summed E-state index contributed by atoms with van der Waals surface area (Å²) < 4.78 is 0. The molecule has 0 aliphatic heterocycles. The number of nitrogens with one attached hydrogen (secondary N) is 2. The summed E-state index contributed by atoms with van der Waals surface area (Å²) in [5.41, 5.74) is 12.1. The van der Waals surface area contributed by atoms with Crippen LogP contribution in [0.15, 0.2) is 40.3 Å². The summed E-state index contributed by atoms with van der Waals surface area (Å²) in [5.74, 6) is 0.513. The molecule has 6 N–H and O–H groups in total. The highest BCUT2D eigenvalue weighted by molar-refractivity contribution is 7.99. The van der Waals surface area contributed by atoms with Gasteiger partial charge in [-0.3, -0.25) is 9.59 Å². The van der Waals surface area contributed by atoms with Crippen LogP contribution in [0.2, 0.25) is 0 Å². The molecule has 21 heavy (non-hydrogen) atoms. The van der Waals surface area contributed by atoms with Crippen molar-refractivity contribution >= 4 is 34.9 Å². The van der Waals surface area contributed by atoms with Crippen molar-refractivity contribution in [3.63, 3.8) is 0 Å². The fraction of sp³-hybridized carbons (Fsp3) is 0.154. The molecule has 0 fully saturated rings. The Labute approximate surface area is 125 Å². The van der Waals surface area contributed by atoms with Crippen molar-refractivity contribution in [2.45, 2.75) is 11.6 Å². The van der Waals surface area contributed by atoms with Crippen LogP contribution in [-0.2, 0) is 4.79 Å². The van der Waals surface area contributed by atoms with Crippen LogP contribution in [0.4, 0.5) is 17.2 Å². The molecule has 0 atom stereocenters. The van der Waals surface area contributed by atoms with Crippen LogP contribution >= 0.6 is 11.8 Å². The van der Waals surface area contributed by atoms with Gasteiger partial charge in [-0.2, -0.15) is 0 Å². The van der Waals surface area contributed by atoms with Gasteiger partial charge in [0, 0.05) is 29.6 Å². The van der Waals surface area contributed by atoms with Crippen LogP contribution in [-0.4, -0.2) is 21.6 Å². The average Bonchev–Trinajstić information content (AvgIpc) is 2.40. The molecule has 1 amide bonds. The van der Waals surface area contributed by atoms with E-state index in [9.17, 15) is 9.59 Å². The molecule has 2 aromatic rings. The zero-order chi connectivity index (χ0) is 15.2. The van der Waals surface area contributed by atoms with E-state index in [1.54, 1.807) is 24.3 Å². The van der Waals surface area contributed by atoms with E-state index in [1.807, 2.05) is 0 Å². The molecule has 1 aromatic carbocycles. The second kappa shape index (κ2) is 6.80. The number of aromatic nitrogens is 2. The Hall–Kier alpha value is -2.48. The largest absolute Gasteiger partial charge is 0.399 e. The highest BCUT2D eigenvalue weighted by Crippen LogP contribution is 2.14. The summed E-state index contributed by atoms with van der Waals surface area (Å²) in [6.07, 6.45) is 0.285. The number of H-pyrrole nitrogens is 1. The zero-order valence-corrected chi connectivity index (χ0v) is 11.9. The third kappa shape index (κ3) is 4.84. The third-order valence-corrected chi connectivity index (χ3v) is 3.38. The van der Waals surface area contributed by atoms with Crippen molar-refractivity contribution in [2.75, 3.05) is 22.5 Å². The average molecular weight is 305 g/mol. The number of carbonyl (C=O) groups excluding carboxylic acids is 1. The molecule has 0 radical (unpaired) electrons. The molecular formula is C13H15N5O2S.